The van der Waals surface area contributed by atoms with Crippen LogP contribution in [0.4, 0.5) is 0 Å². The number of methoxy groups -OCH3 is 1. The lowest BCUT2D eigenvalue weighted by Crippen LogP contribution is -2.47. The first kappa shape index (κ1) is 26.4. The molecule has 3 aromatic rings. The number of carbonyl (C=O) groups is 1. The van der Waals surface area contributed by atoms with Crippen LogP contribution in [0.1, 0.15) is 16.7 Å². The number of aryl methyl sites for hydroxylation is 1. The van der Waals surface area contributed by atoms with Gasteiger partial charge < -0.3 is 10.1 Å². The van der Waals surface area contributed by atoms with Crippen molar-refractivity contribution in [2.24, 2.45) is 5.14 Å². The minimum Gasteiger partial charge on any atom is -0.495 e. The van der Waals surface area contributed by atoms with Crippen molar-refractivity contribution < 1.29 is 26.4 Å². The molecule has 4 N–H and O–H groups in total. The van der Waals surface area contributed by atoms with E-state index in [1.807, 2.05) is 6.07 Å². The summed E-state index contributed by atoms with van der Waals surface area (Å²) in [6.07, 6.45) is 0.115. The van der Waals surface area contributed by atoms with Crippen LogP contribution < -0.4 is 19.9 Å². The van der Waals surface area contributed by atoms with E-state index in [-0.39, 0.29) is 28.5 Å². The SMILES string of the molecule is COc1ccc(C)cc1S(=O)(=O)N[C@H](Cc1ccccc1)C(=O)NCc1ccc(S(N)(=O)=O)cc1. The Bertz CT molecular complexity index is 1390. The molecule has 0 bridgehead atoms. The Hall–Kier alpha value is -3.25. The van der Waals surface area contributed by atoms with Gasteiger partial charge in [0.1, 0.15) is 16.7 Å². The zero-order chi connectivity index (χ0) is 25.6. The van der Waals surface area contributed by atoms with Gasteiger partial charge in [0.05, 0.1) is 12.0 Å². The van der Waals surface area contributed by atoms with Crippen molar-refractivity contribution in [1.82, 2.24) is 10.0 Å². The lowest BCUT2D eigenvalue weighted by Gasteiger charge is -2.20. The minimum absolute atomic E-state index is 0.0469. The van der Waals surface area contributed by atoms with Crippen molar-refractivity contribution in [2.75, 3.05) is 7.11 Å². The molecule has 11 heteroatoms. The molecular weight excluding hydrogens is 490 g/mol. The number of carbonyl (C=O) groups excluding carboxylic acids is 1. The van der Waals surface area contributed by atoms with Gasteiger partial charge in [-0.1, -0.05) is 48.5 Å². The highest BCUT2D eigenvalue weighted by Gasteiger charge is 2.28. The van der Waals surface area contributed by atoms with Gasteiger partial charge in [0.25, 0.3) is 0 Å². The number of rotatable bonds is 10. The highest BCUT2D eigenvalue weighted by atomic mass is 32.2. The zero-order valence-electron chi connectivity index (χ0n) is 19.3. The normalized spacial score (nSPS) is 12.7. The molecule has 0 aromatic heterocycles. The van der Waals surface area contributed by atoms with Gasteiger partial charge in [0, 0.05) is 6.54 Å². The molecule has 0 spiro atoms. The second-order valence-corrected chi connectivity index (χ2v) is 11.2. The Kier molecular flexibility index (Phi) is 8.28. The third-order valence-corrected chi connectivity index (χ3v) is 7.65. The molecule has 0 unspecified atom stereocenters. The largest absolute Gasteiger partial charge is 0.495 e. The Morgan fingerprint density at radius 1 is 0.943 bits per heavy atom. The minimum atomic E-state index is -4.11. The third kappa shape index (κ3) is 7.12. The van der Waals surface area contributed by atoms with Crippen LogP contribution in [-0.4, -0.2) is 35.9 Å². The van der Waals surface area contributed by atoms with Crippen LogP contribution in [0.2, 0.25) is 0 Å². The summed E-state index contributed by atoms with van der Waals surface area (Å²) in [6.45, 7) is 1.82. The molecule has 1 atom stereocenters. The summed E-state index contributed by atoms with van der Waals surface area (Å²) < 4.78 is 57.0. The van der Waals surface area contributed by atoms with Gasteiger partial charge in [-0.3, -0.25) is 4.79 Å². The number of amides is 1. The second-order valence-electron chi connectivity index (χ2n) is 7.92. The van der Waals surface area contributed by atoms with Crippen LogP contribution in [0.5, 0.6) is 5.75 Å². The molecule has 0 fully saturated rings. The van der Waals surface area contributed by atoms with E-state index in [0.29, 0.717) is 5.56 Å². The zero-order valence-corrected chi connectivity index (χ0v) is 20.9. The van der Waals surface area contributed by atoms with E-state index in [9.17, 15) is 21.6 Å². The lowest BCUT2D eigenvalue weighted by atomic mass is 10.1. The van der Waals surface area contributed by atoms with E-state index in [0.717, 1.165) is 11.1 Å². The lowest BCUT2D eigenvalue weighted by molar-refractivity contribution is -0.122. The monoisotopic (exact) mass is 517 g/mol. The molecule has 0 aliphatic carbocycles. The van der Waals surface area contributed by atoms with Crippen LogP contribution in [0.25, 0.3) is 0 Å². The number of primary sulfonamides is 1. The van der Waals surface area contributed by atoms with E-state index in [1.54, 1.807) is 43.3 Å². The first-order valence-electron chi connectivity index (χ1n) is 10.6. The van der Waals surface area contributed by atoms with Gasteiger partial charge in [-0.05, 0) is 54.3 Å². The number of nitrogens with one attached hydrogen (secondary N) is 2. The highest BCUT2D eigenvalue weighted by molar-refractivity contribution is 7.89. The second kappa shape index (κ2) is 11.0. The van der Waals surface area contributed by atoms with E-state index < -0.39 is 32.0 Å². The summed E-state index contributed by atoms with van der Waals surface area (Å²) in [5, 5.41) is 7.82. The standard InChI is InChI=1S/C24H27N3O6S2/c1-17-8-13-22(33-2)23(14-17)35(31,32)27-21(15-18-6-4-3-5-7-18)24(28)26-16-19-9-11-20(12-10-19)34(25,29)30/h3-14,21,27H,15-16H2,1-2H3,(H,26,28)(H2,25,29,30)/t21-/m1/s1. The quantitative estimate of drug-likeness (QED) is 0.374. The van der Waals surface area contributed by atoms with E-state index >= 15 is 0 Å². The Labute approximate surface area is 205 Å². The number of sulfonamides is 2. The first-order valence-corrected chi connectivity index (χ1v) is 13.6. The molecule has 0 aliphatic rings. The summed E-state index contributed by atoms with van der Waals surface area (Å²) in [7, 11) is -6.57. The number of hydrogen-bond donors (Lipinski definition) is 3. The molecule has 186 valence electrons. The van der Waals surface area contributed by atoms with Crippen molar-refractivity contribution in [1.29, 1.82) is 0 Å². The molecule has 0 heterocycles. The molecular formula is C24H27N3O6S2. The smallest absolute Gasteiger partial charge is 0.244 e. The maximum Gasteiger partial charge on any atom is 0.244 e. The van der Waals surface area contributed by atoms with Gasteiger partial charge in [0.15, 0.2) is 0 Å². The predicted molar refractivity (Wildman–Crippen MR) is 132 cm³/mol. The van der Waals surface area contributed by atoms with Gasteiger partial charge in [-0.15, -0.1) is 0 Å². The molecule has 3 aromatic carbocycles. The number of ether oxygens (including phenoxy) is 1. The van der Waals surface area contributed by atoms with Gasteiger partial charge >= 0.3 is 0 Å². The van der Waals surface area contributed by atoms with Crippen LogP contribution in [0.15, 0.2) is 82.6 Å². The fraction of sp³-hybridized carbons (Fsp3) is 0.208. The van der Waals surface area contributed by atoms with E-state index in [1.165, 1.54) is 37.4 Å². The summed E-state index contributed by atoms with van der Waals surface area (Å²) in [6, 6.07) is 18.4. The number of nitrogens with two attached hydrogens (primary N) is 1. The Morgan fingerprint density at radius 2 is 1.60 bits per heavy atom. The van der Waals surface area contributed by atoms with Crippen molar-refractivity contribution in [3.8, 4) is 5.75 Å². The van der Waals surface area contributed by atoms with Crippen LogP contribution in [0, 0.1) is 6.92 Å². The highest BCUT2D eigenvalue weighted by Crippen LogP contribution is 2.25. The molecule has 9 nitrogen and oxygen atoms in total. The fourth-order valence-electron chi connectivity index (χ4n) is 3.39. The van der Waals surface area contributed by atoms with Crippen molar-refractivity contribution in [3.63, 3.8) is 0 Å². The average Bonchev–Trinajstić information content (AvgIpc) is 2.82. The van der Waals surface area contributed by atoms with Gasteiger partial charge in [0.2, 0.25) is 26.0 Å². The van der Waals surface area contributed by atoms with Crippen molar-refractivity contribution in [3.05, 3.63) is 89.5 Å². The first-order chi connectivity index (χ1) is 16.5. The molecule has 0 saturated heterocycles. The van der Waals surface area contributed by atoms with Crippen LogP contribution in [0.3, 0.4) is 0 Å². The van der Waals surface area contributed by atoms with E-state index in [4.69, 9.17) is 9.88 Å². The van der Waals surface area contributed by atoms with Gasteiger partial charge in [-0.25, -0.2) is 22.0 Å². The van der Waals surface area contributed by atoms with Crippen molar-refractivity contribution >= 4 is 26.0 Å². The van der Waals surface area contributed by atoms with Gasteiger partial charge in [-0.2, -0.15) is 4.72 Å². The number of hydrogen-bond acceptors (Lipinski definition) is 6. The maximum absolute atomic E-state index is 13.2. The molecule has 1 amide bonds. The van der Waals surface area contributed by atoms with Crippen LogP contribution in [-0.2, 0) is 37.8 Å². The summed E-state index contributed by atoms with van der Waals surface area (Å²) >= 11 is 0. The third-order valence-electron chi connectivity index (χ3n) is 5.22. The molecule has 35 heavy (non-hydrogen) atoms. The summed E-state index contributed by atoms with van der Waals surface area (Å²) in [5.74, 6) is -0.378. The Morgan fingerprint density at radius 3 is 2.20 bits per heavy atom. The van der Waals surface area contributed by atoms with Crippen LogP contribution >= 0.6 is 0 Å². The average molecular weight is 518 g/mol. The predicted octanol–water partition coefficient (Wildman–Crippen LogP) is 1.86. The van der Waals surface area contributed by atoms with Crippen molar-refractivity contribution in [2.45, 2.75) is 35.7 Å². The molecule has 0 saturated carbocycles. The number of benzene rings is 3. The topological polar surface area (TPSA) is 145 Å². The Balaban J connectivity index is 1.83. The summed E-state index contributed by atoms with van der Waals surface area (Å²) in [5.41, 5.74) is 2.11. The molecule has 0 aliphatic heterocycles. The summed E-state index contributed by atoms with van der Waals surface area (Å²) in [4.78, 5) is 13.0. The molecule has 3 rings (SSSR count). The van der Waals surface area contributed by atoms with E-state index in [2.05, 4.69) is 10.0 Å². The fourth-order valence-corrected chi connectivity index (χ4v) is 5.36. The molecule has 0 radical (unpaired) electrons. The maximum atomic E-state index is 13.2.